The van der Waals surface area contributed by atoms with E-state index in [1.54, 1.807) is 0 Å². The summed E-state index contributed by atoms with van der Waals surface area (Å²) >= 11 is 0. The molecule has 1 saturated carbocycles. The SMILES string of the molecule is O=c1c(NCC(O)CO)nc2ccccc2n1C1CCN(C2CCCCCCC2)CC1. The number of rotatable bonds is 6. The summed E-state index contributed by atoms with van der Waals surface area (Å²) in [6, 6.07) is 8.61. The first-order valence-corrected chi connectivity index (χ1v) is 12.0. The molecule has 170 valence electrons. The van der Waals surface area contributed by atoms with Crippen molar-refractivity contribution in [2.45, 2.75) is 76.0 Å². The van der Waals surface area contributed by atoms with Gasteiger partial charge in [0.25, 0.3) is 5.56 Å². The van der Waals surface area contributed by atoms with Gasteiger partial charge in [0.15, 0.2) is 5.82 Å². The maximum atomic E-state index is 13.3. The number of hydrogen-bond acceptors (Lipinski definition) is 6. The maximum absolute atomic E-state index is 13.3. The van der Waals surface area contributed by atoms with Gasteiger partial charge in [-0.05, 0) is 37.8 Å². The highest BCUT2D eigenvalue weighted by molar-refractivity contribution is 5.76. The number of aromatic nitrogens is 2. The van der Waals surface area contributed by atoms with E-state index in [0.29, 0.717) is 6.04 Å². The number of aliphatic hydroxyl groups is 2. The molecule has 0 radical (unpaired) electrons. The van der Waals surface area contributed by atoms with Gasteiger partial charge in [0.05, 0.1) is 23.7 Å². The zero-order chi connectivity index (χ0) is 21.6. The second kappa shape index (κ2) is 10.6. The molecule has 1 aromatic carbocycles. The molecule has 1 unspecified atom stereocenters. The Morgan fingerprint density at radius 1 is 1.00 bits per heavy atom. The van der Waals surface area contributed by atoms with E-state index >= 15 is 0 Å². The summed E-state index contributed by atoms with van der Waals surface area (Å²) < 4.78 is 1.91. The number of nitrogens with one attached hydrogen (secondary N) is 1. The number of piperidine rings is 1. The van der Waals surface area contributed by atoms with E-state index in [-0.39, 0.29) is 30.6 Å². The van der Waals surface area contributed by atoms with Gasteiger partial charge < -0.3 is 25.0 Å². The van der Waals surface area contributed by atoms with Crippen LogP contribution < -0.4 is 10.9 Å². The van der Waals surface area contributed by atoms with Crippen LogP contribution in [-0.4, -0.2) is 63.1 Å². The molecule has 2 fully saturated rings. The summed E-state index contributed by atoms with van der Waals surface area (Å²) in [4.78, 5) is 20.5. The van der Waals surface area contributed by atoms with E-state index in [1.165, 1.54) is 44.9 Å². The molecule has 1 aromatic heterocycles. The molecule has 31 heavy (non-hydrogen) atoms. The Labute approximate surface area is 184 Å². The van der Waals surface area contributed by atoms with E-state index in [1.807, 2.05) is 28.8 Å². The van der Waals surface area contributed by atoms with Crippen LogP contribution in [0.25, 0.3) is 11.0 Å². The van der Waals surface area contributed by atoms with Crippen LogP contribution in [0.2, 0.25) is 0 Å². The predicted octanol–water partition coefficient (Wildman–Crippen LogP) is 2.91. The average Bonchev–Trinajstić information content (AvgIpc) is 2.77. The summed E-state index contributed by atoms with van der Waals surface area (Å²) in [7, 11) is 0. The number of anilines is 1. The van der Waals surface area contributed by atoms with Crippen molar-refractivity contribution >= 4 is 16.9 Å². The highest BCUT2D eigenvalue weighted by Crippen LogP contribution is 2.29. The largest absolute Gasteiger partial charge is 0.394 e. The highest BCUT2D eigenvalue weighted by atomic mass is 16.3. The fraction of sp³-hybridized carbons (Fsp3) is 0.667. The van der Waals surface area contributed by atoms with Crippen LogP contribution in [0.1, 0.15) is 63.8 Å². The molecule has 1 aliphatic heterocycles. The first kappa shape index (κ1) is 22.2. The maximum Gasteiger partial charge on any atom is 0.294 e. The molecule has 0 amide bonds. The number of nitrogens with zero attached hydrogens (tertiary/aromatic N) is 3. The van der Waals surface area contributed by atoms with Crippen molar-refractivity contribution in [1.29, 1.82) is 0 Å². The summed E-state index contributed by atoms with van der Waals surface area (Å²) in [5.41, 5.74) is 1.49. The highest BCUT2D eigenvalue weighted by Gasteiger charge is 2.28. The van der Waals surface area contributed by atoms with Gasteiger partial charge in [-0.2, -0.15) is 0 Å². The summed E-state index contributed by atoms with van der Waals surface area (Å²) in [5, 5.41) is 21.7. The molecule has 2 heterocycles. The summed E-state index contributed by atoms with van der Waals surface area (Å²) in [6.45, 7) is 1.81. The monoisotopic (exact) mass is 428 g/mol. The lowest BCUT2D eigenvalue weighted by molar-refractivity contribution is 0.105. The van der Waals surface area contributed by atoms with Gasteiger partial charge in [0.1, 0.15) is 0 Å². The summed E-state index contributed by atoms with van der Waals surface area (Å²) in [6.07, 6.45) is 10.4. The Kier molecular flexibility index (Phi) is 7.58. The molecule has 1 saturated heterocycles. The van der Waals surface area contributed by atoms with Crippen molar-refractivity contribution in [2.24, 2.45) is 0 Å². The lowest BCUT2D eigenvalue weighted by Gasteiger charge is -2.39. The topological polar surface area (TPSA) is 90.6 Å². The molecule has 4 rings (SSSR count). The van der Waals surface area contributed by atoms with Crippen molar-refractivity contribution in [3.05, 3.63) is 34.6 Å². The van der Waals surface area contributed by atoms with E-state index in [2.05, 4.69) is 15.2 Å². The zero-order valence-corrected chi connectivity index (χ0v) is 18.4. The smallest absolute Gasteiger partial charge is 0.294 e. The van der Waals surface area contributed by atoms with Crippen molar-refractivity contribution < 1.29 is 10.2 Å². The fourth-order valence-electron chi connectivity index (χ4n) is 5.22. The molecule has 2 aliphatic rings. The minimum absolute atomic E-state index is 0.0944. The third kappa shape index (κ3) is 5.27. The van der Waals surface area contributed by atoms with Crippen molar-refractivity contribution in [3.8, 4) is 0 Å². The van der Waals surface area contributed by atoms with Gasteiger partial charge in [-0.25, -0.2) is 4.98 Å². The van der Waals surface area contributed by atoms with Gasteiger partial charge in [-0.1, -0.05) is 44.2 Å². The average molecular weight is 429 g/mol. The Morgan fingerprint density at radius 2 is 1.68 bits per heavy atom. The first-order valence-electron chi connectivity index (χ1n) is 12.0. The van der Waals surface area contributed by atoms with Crippen LogP contribution in [0.3, 0.4) is 0 Å². The Hall–Kier alpha value is -1.96. The number of aliphatic hydroxyl groups excluding tert-OH is 2. The summed E-state index contributed by atoms with van der Waals surface area (Å²) in [5.74, 6) is 0.244. The van der Waals surface area contributed by atoms with Crippen molar-refractivity contribution in [2.75, 3.05) is 31.6 Å². The molecule has 7 heteroatoms. The van der Waals surface area contributed by atoms with Crippen molar-refractivity contribution in [3.63, 3.8) is 0 Å². The second-order valence-corrected chi connectivity index (χ2v) is 9.11. The molecular formula is C24H36N4O3. The number of likely N-dealkylation sites (tertiary alicyclic amines) is 1. The normalized spacial score (nSPS) is 21.0. The van der Waals surface area contributed by atoms with Crippen LogP contribution in [-0.2, 0) is 0 Å². The van der Waals surface area contributed by atoms with E-state index in [0.717, 1.165) is 37.0 Å². The number of hydrogen-bond donors (Lipinski definition) is 3. The number of fused-ring (bicyclic) bond motifs is 1. The van der Waals surface area contributed by atoms with Crippen LogP contribution >= 0.6 is 0 Å². The molecule has 3 N–H and O–H groups in total. The van der Waals surface area contributed by atoms with Gasteiger partial charge in [-0.15, -0.1) is 0 Å². The van der Waals surface area contributed by atoms with Crippen LogP contribution in [0.15, 0.2) is 29.1 Å². The predicted molar refractivity (Wildman–Crippen MR) is 124 cm³/mol. The van der Waals surface area contributed by atoms with Crippen LogP contribution in [0, 0.1) is 0 Å². The zero-order valence-electron chi connectivity index (χ0n) is 18.4. The molecule has 0 bridgehead atoms. The third-order valence-corrected chi connectivity index (χ3v) is 6.97. The van der Waals surface area contributed by atoms with Gasteiger partial charge >= 0.3 is 0 Å². The van der Waals surface area contributed by atoms with Crippen LogP contribution in [0.4, 0.5) is 5.82 Å². The quantitative estimate of drug-likeness (QED) is 0.655. The van der Waals surface area contributed by atoms with E-state index in [9.17, 15) is 9.90 Å². The molecule has 1 atom stereocenters. The second-order valence-electron chi connectivity index (χ2n) is 9.11. The van der Waals surface area contributed by atoms with E-state index in [4.69, 9.17) is 5.11 Å². The minimum Gasteiger partial charge on any atom is -0.394 e. The molecule has 7 nitrogen and oxygen atoms in total. The molecule has 0 spiro atoms. The Bertz CT molecular complexity index is 899. The fourth-order valence-corrected chi connectivity index (χ4v) is 5.22. The Balaban J connectivity index is 1.53. The van der Waals surface area contributed by atoms with Crippen LogP contribution in [0.5, 0.6) is 0 Å². The lowest BCUT2D eigenvalue weighted by Crippen LogP contribution is -2.43. The van der Waals surface area contributed by atoms with E-state index < -0.39 is 6.10 Å². The van der Waals surface area contributed by atoms with Gasteiger partial charge in [-0.3, -0.25) is 4.79 Å². The van der Waals surface area contributed by atoms with Crippen molar-refractivity contribution in [1.82, 2.24) is 14.5 Å². The molecule has 1 aliphatic carbocycles. The lowest BCUT2D eigenvalue weighted by atomic mass is 9.93. The minimum atomic E-state index is -0.923. The first-order chi connectivity index (χ1) is 15.2. The number of benzene rings is 1. The number of para-hydroxylation sites is 2. The van der Waals surface area contributed by atoms with Gasteiger partial charge in [0.2, 0.25) is 0 Å². The van der Waals surface area contributed by atoms with Gasteiger partial charge in [0, 0.05) is 31.7 Å². The third-order valence-electron chi connectivity index (χ3n) is 6.97. The molecule has 2 aromatic rings. The molecular weight excluding hydrogens is 392 g/mol. The Morgan fingerprint density at radius 3 is 2.39 bits per heavy atom. The standard InChI is InChI=1S/C24H36N4O3/c29-17-20(30)16-25-23-24(31)28(22-11-7-6-10-21(22)26-23)19-12-14-27(15-13-19)18-8-4-2-1-3-5-9-18/h6-7,10-11,18-20,29-30H,1-5,8-9,12-17H2,(H,25,26).